The Balaban J connectivity index is 1.73. The minimum absolute atomic E-state index is 0.00153. The van der Waals surface area contributed by atoms with Crippen molar-refractivity contribution in [2.45, 2.75) is 44.2 Å². The zero-order chi connectivity index (χ0) is 29.3. The molecule has 0 radical (unpaired) electrons. The van der Waals surface area contributed by atoms with Crippen molar-refractivity contribution in [2.75, 3.05) is 38.1 Å². The van der Waals surface area contributed by atoms with E-state index in [-0.39, 0.29) is 29.6 Å². The van der Waals surface area contributed by atoms with Crippen LogP contribution in [0, 0.1) is 6.92 Å². The van der Waals surface area contributed by atoms with Gasteiger partial charge in [0.05, 0.1) is 26.8 Å². The lowest BCUT2D eigenvalue weighted by Crippen LogP contribution is -2.60. The highest BCUT2D eigenvalue weighted by atomic mass is 16.7. The van der Waals surface area contributed by atoms with E-state index >= 15 is 0 Å². The van der Waals surface area contributed by atoms with Crippen molar-refractivity contribution in [2.24, 2.45) is 0 Å². The Morgan fingerprint density at radius 3 is 2.20 bits per heavy atom. The van der Waals surface area contributed by atoms with E-state index in [1.807, 2.05) is 0 Å². The summed E-state index contributed by atoms with van der Waals surface area (Å²) >= 11 is 0. The van der Waals surface area contributed by atoms with E-state index in [4.69, 9.17) is 35.2 Å². The molecule has 0 bridgehead atoms. The van der Waals surface area contributed by atoms with E-state index in [9.17, 15) is 25.2 Å². The highest BCUT2D eigenvalue weighted by molar-refractivity contribution is 5.95. The molecule has 0 saturated carbocycles. The van der Waals surface area contributed by atoms with Gasteiger partial charge in [0, 0.05) is 41.4 Å². The molecule has 0 amide bonds. The van der Waals surface area contributed by atoms with Crippen molar-refractivity contribution in [3.63, 3.8) is 0 Å². The quantitative estimate of drug-likeness (QED) is 0.135. The second-order valence-electron chi connectivity index (χ2n) is 8.95. The third-order valence-corrected chi connectivity index (χ3v) is 6.54. The van der Waals surface area contributed by atoms with Crippen LogP contribution < -0.4 is 35.7 Å². The van der Waals surface area contributed by atoms with Crippen LogP contribution in [0.5, 0.6) is 23.0 Å². The molecule has 15 nitrogen and oxygen atoms in total. The summed E-state index contributed by atoms with van der Waals surface area (Å²) in [6.45, 7) is 1.79. The van der Waals surface area contributed by atoms with Crippen molar-refractivity contribution >= 4 is 34.3 Å². The lowest BCUT2D eigenvalue weighted by molar-refractivity contribution is -0.279. The lowest BCUT2D eigenvalue weighted by Gasteiger charge is -2.36. The minimum Gasteiger partial charge on any atom is -0.493 e. The van der Waals surface area contributed by atoms with E-state index < -0.39 is 36.7 Å². The fourth-order valence-electron chi connectivity index (χ4n) is 4.46. The number of methoxy groups -OCH3 is 3. The number of hydrogen-bond acceptors (Lipinski definition) is 15. The van der Waals surface area contributed by atoms with Gasteiger partial charge in [-0.05, 0) is 12.5 Å². The number of aryl methyl sites for hydroxylation is 1. The van der Waals surface area contributed by atoms with Crippen molar-refractivity contribution in [3.05, 3.63) is 29.3 Å². The van der Waals surface area contributed by atoms with Gasteiger partial charge in [0.15, 0.2) is 23.9 Å². The number of rotatable bonds is 8. The molecule has 0 aliphatic carbocycles. The summed E-state index contributed by atoms with van der Waals surface area (Å²) in [5, 5.41) is 43.6. The molecule has 2 heterocycles. The number of esters is 1. The Hall–Kier alpha value is -4.15. The maximum absolute atomic E-state index is 13.1. The molecule has 1 fully saturated rings. The summed E-state index contributed by atoms with van der Waals surface area (Å²) in [6.07, 6.45) is -9.28. The summed E-state index contributed by atoms with van der Waals surface area (Å²) in [7, 11) is 4.45. The van der Waals surface area contributed by atoms with Gasteiger partial charge in [-0.15, -0.1) is 0 Å². The van der Waals surface area contributed by atoms with Gasteiger partial charge in [-0.25, -0.2) is 9.78 Å². The van der Waals surface area contributed by atoms with E-state index in [0.717, 1.165) is 0 Å². The first-order chi connectivity index (χ1) is 19.0. The number of nitrogens with one attached hydrogen (secondary N) is 1. The van der Waals surface area contributed by atoms with Crippen molar-refractivity contribution in [1.82, 2.24) is 9.97 Å². The maximum Gasteiger partial charge on any atom is 0.343 e. The number of aliphatic hydroxyl groups is 4. The van der Waals surface area contributed by atoms with Crippen LogP contribution in [-0.4, -0.2) is 88.4 Å². The lowest BCUT2D eigenvalue weighted by atomic mass is 9.98. The first kappa shape index (κ1) is 28.8. The molecule has 1 saturated heterocycles. The van der Waals surface area contributed by atoms with Crippen LogP contribution in [0.2, 0.25) is 0 Å². The number of ether oxygens (including phenoxy) is 5. The number of anilines is 3. The molecule has 5 unspecified atom stereocenters. The molecule has 40 heavy (non-hydrogen) atoms. The van der Waals surface area contributed by atoms with Gasteiger partial charge in [-0.3, -0.25) is 0 Å². The largest absolute Gasteiger partial charge is 0.493 e. The standard InChI is InChI=1S/C25H31N5O10/c1-9-11(8-28-10-5-14(36-2)20(38-4)15(6-10)37-3)13(7-12-16(9)22(26)30-25(27)29-12)39-24(35)21-18(32)17(31)19(33)23(34)40-21/h5-7,17-19,21,23,28,31-34H,8H2,1-4H3,(H4,26,27,29,30). The molecule has 2 aromatic carbocycles. The van der Waals surface area contributed by atoms with E-state index in [0.29, 0.717) is 39.4 Å². The zero-order valence-electron chi connectivity index (χ0n) is 22.1. The molecule has 0 spiro atoms. The number of benzene rings is 2. The van der Waals surface area contributed by atoms with Crippen LogP contribution in [0.1, 0.15) is 11.1 Å². The molecular weight excluding hydrogens is 530 g/mol. The number of nitrogens with two attached hydrogens (primary N) is 2. The topological polar surface area (TPSA) is 234 Å². The predicted molar refractivity (Wildman–Crippen MR) is 141 cm³/mol. The third kappa shape index (κ3) is 5.32. The van der Waals surface area contributed by atoms with Crippen molar-refractivity contribution in [3.8, 4) is 23.0 Å². The third-order valence-electron chi connectivity index (χ3n) is 6.54. The highest BCUT2D eigenvalue weighted by Gasteiger charge is 2.47. The summed E-state index contributed by atoms with van der Waals surface area (Å²) in [6, 6.07) is 4.78. The van der Waals surface area contributed by atoms with Crippen molar-refractivity contribution < 1.29 is 48.9 Å². The number of nitrogen functional groups attached to an aromatic ring is 2. The first-order valence-corrected chi connectivity index (χ1v) is 12.0. The van der Waals surface area contributed by atoms with Gasteiger partial charge in [0.1, 0.15) is 29.9 Å². The molecule has 1 aromatic heterocycles. The van der Waals surface area contributed by atoms with Crippen LogP contribution in [0.25, 0.3) is 10.9 Å². The number of nitrogens with zero attached hydrogens (tertiary/aromatic N) is 2. The molecule has 1 aliphatic heterocycles. The van der Waals surface area contributed by atoms with E-state index in [2.05, 4.69) is 15.3 Å². The summed E-state index contributed by atoms with van der Waals surface area (Å²) in [5.41, 5.74) is 13.7. The average molecular weight is 562 g/mol. The van der Waals surface area contributed by atoms with Crippen LogP contribution >= 0.6 is 0 Å². The fourth-order valence-corrected chi connectivity index (χ4v) is 4.46. The number of carbonyl (C=O) groups excluding carboxylic acids is 1. The Morgan fingerprint density at radius 1 is 0.950 bits per heavy atom. The Bertz CT molecular complexity index is 1400. The molecule has 3 aromatic rings. The van der Waals surface area contributed by atoms with Crippen LogP contribution in [-0.2, 0) is 16.1 Å². The highest BCUT2D eigenvalue weighted by Crippen LogP contribution is 2.41. The fraction of sp³-hybridized carbons (Fsp3) is 0.400. The van der Waals surface area contributed by atoms with Gasteiger partial charge in [-0.2, -0.15) is 4.98 Å². The molecule has 9 N–H and O–H groups in total. The Morgan fingerprint density at radius 2 is 1.60 bits per heavy atom. The molecular formula is C25H31N5O10. The van der Waals surface area contributed by atoms with Crippen LogP contribution in [0.15, 0.2) is 18.2 Å². The van der Waals surface area contributed by atoms with Gasteiger partial charge in [0.2, 0.25) is 11.7 Å². The first-order valence-electron chi connectivity index (χ1n) is 12.0. The van der Waals surface area contributed by atoms with Crippen molar-refractivity contribution in [1.29, 1.82) is 0 Å². The van der Waals surface area contributed by atoms with Gasteiger partial charge in [-0.1, -0.05) is 0 Å². The average Bonchev–Trinajstić information content (AvgIpc) is 2.92. The normalized spacial score (nSPS) is 22.6. The number of aliphatic hydroxyl groups excluding tert-OH is 4. The smallest absolute Gasteiger partial charge is 0.343 e. The number of carbonyl (C=O) groups is 1. The number of fused-ring (bicyclic) bond motifs is 1. The zero-order valence-corrected chi connectivity index (χ0v) is 22.1. The summed E-state index contributed by atoms with van der Waals surface area (Å²) < 4.78 is 26.8. The summed E-state index contributed by atoms with van der Waals surface area (Å²) in [5.74, 6) is 0.0762. The molecule has 5 atom stereocenters. The second kappa shape index (κ2) is 11.5. The summed E-state index contributed by atoms with van der Waals surface area (Å²) in [4.78, 5) is 21.3. The molecule has 216 valence electrons. The number of hydrogen-bond donors (Lipinski definition) is 7. The van der Waals surface area contributed by atoms with Crippen LogP contribution in [0.3, 0.4) is 0 Å². The molecule has 15 heteroatoms. The maximum atomic E-state index is 13.1. The second-order valence-corrected chi connectivity index (χ2v) is 8.95. The predicted octanol–water partition coefficient (Wildman–Crippen LogP) is -0.554. The minimum atomic E-state index is -1.93. The Kier molecular flexibility index (Phi) is 8.32. The molecule has 1 aliphatic rings. The Labute approximate surface area is 228 Å². The van der Waals surface area contributed by atoms with Gasteiger partial charge >= 0.3 is 5.97 Å². The molecule has 4 rings (SSSR count). The van der Waals surface area contributed by atoms with Crippen LogP contribution in [0.4, 0.5) is 17.5 Å². The SMILES string of the molecule is COc1cc(NCc2c(OC(=O)C3OC(O)C(O)C(O)C3O)cc3nc(N)nc(N)c3c2C)cc(OC)c1OC. The van der Waals surface area contributed by atoms with Gasteiger partial charge < -0.3 is 60.9 Å². The van der Waals surface area contributed by atoms with Gasteiger partial charge in [0.25, 0.3) is 0 Å². The monoisotopic (exact) mass is 561 g/mol. The van der Waals surface area contributed by atoms with E-state index in [1.54, 1.807) is 19.1 Å². The number of aromatic nitrogens is 2. The van der Waals surface area contributed by atoms with E-state index in [1.165, 1.54) is 27.4 Å².